The average molecular weight is 508 g/mol. The number of alkyl halides is 3. The summed E-state index contributed by atoms with van der Waals surface area (Å²) in [5.41, 5.74) is -0.144. The first kappa shape index (κ1) is 25.4. The molecule has 1 aromatic heterocycles. The number of thiazole rings is 1. The summed E-state index contributed by atoms with van der Waals surface area (Å²) in [6.07, 6.45) is -1.41. The molecule has 0 amide bonds. The van der Waals surface area contributed by atoms with E-state index in [9.17, 15) is 21.6 Å². The van der Waals surface area contributed by atoms with Gasteiger partial charge in [-0.2, -0.15) is 13.2 Å². The van der Waals surface area contributed by atoms with Gasteiger partial charge in [-0.25, -0.2) is 22.5 Å². The lowest BCUT2D eigenvalue weighted by atomic mass is 9.79. The van der Waals surface area contributed by atoms with Crippen LogP contribution in [0.4, 0.5) is 13.2 Å². The molecule has 2 aliphatic rings. The molecule has 1 aromatic carbocycles. The summed E-state index contributed by atoms with van der Waals surface area (Å²) < 4.78 is 65.1. The van der Waals surface area contributed by atoms with Crippen molar-refractivity contribution in [3.63, 3.8) is 0 Å². The zero-order chi connectivity index (χ0) is 24.3. The number of piperidine rings is 1. The van der Waals surface area contributed by atoms with Gasteiger partial charge in [-0.3, -0.25) is 4.90 Å². The molecular weight excluding hydrogens is 483 g/mol. The fraction of sp³-hybridized carbons (Fsp3) is 0.500. The monoisotopic (exact) mass is 507 g/mol. The third-order valence-corrected chi connectivity index (χ3v) is 8.24. The number of benzene rings is 1. The van der Waals surface area contributed by atoms with Gasteiger partial charge >= 0.3 is 12.1 Å². The normalized spacial score (nSPS) is 20.5. The van der Waals surface area contributed by atoms with E-state index in [-0.39, 0.29) is 10.3 Å². The van der Waals surface area contributed by atoms with E-state index in [1.165, 1.54) is 4.31 Å². The summed E-state index contributed by atoms with van der Waals surface area (Å²) in [5.74, 6) is -2.30. The second kappa shape index (κ2) is 9.95. The molecule has 1 spiro atoms. The van der Waals surface area contributed by atoms with Gasteiger partial charge in [0, 0.05) is 30.6 Å². The fourth-order valence-electron chi connectivity index (χ4n) is 3.79. The van der Waals surface area contributed by atoms with Crippen LogP contribution in [0.1, 0.15) is 17.8 Å². The van der Waals surface area contributed by atoms with E-state index in [1.807, 2.05) is 17.6 Å². The summed E-state index contributed by atoms with van der Waals surface area (Å²) in [7, 11) is -1.84. The highest BCUT2D eigenvalue weighted by atomic mass is 32.2. The van der Waals surface area contributed by atoms with Crippen LogP contribution in [0.3, 0.4) is 0 Å². The number of halogens is 3. The number of carboxylic acid groups (broad SMARTS) is 1. The maximum absolute atomic E-state index is 12.9. The molecule has 0 bridgehead atoms. The van der Waals surface area contributed by atoms with Gasteiger partial charge in [0.15, 0.2) is 0 Å². The maximum atomic E-state index is 12.9. The summed E-state index contributed by atoms with van der Waals surface area (Å²) in [5, 5.41) is 10.3. The Balaban J connectivity index is 0.000000383. The molecule has 0 saturated carbocycles. The van der Waals surface area contributed by atoms with E-state index in [1.54, 1.807) is 36.6 Å². The zero-order valence-corrected chi connectivity index (χ0v) is 19.4. The first-order valence-electron chi connectivity index (χ1n) is 10.0. The van der Waals surface area contributed by atoms with Crippen molar-refractivity contribution in [3.8, 4) is 5.75 Å². The Morgan fingerprint density at radius 1 is 1.27 bits per heavy atom. The number of aliphatic carboxylic acids is 1. The van der Waals surface area contributed by atoms with Gasteiger partial charge in [-0.05, 0) is 38.1 Å². The van der Waals surface area contributed by atoms with E-state index >= 15 is 0 Å². The minimum atomic E-state index is -5.08. The van der Waals surface area contributed by atoms with E-state index < -0.39 is 22.2 Å². The number of hydrogen-bond acceptors (Lipinski definition) is 7. The fourth-order valence-corrected chi connectivity index (χ4v) is 5.86. The molecule has 1 saturated heterocycles. The van der Waals surface area contributed by atoms with Crippen LogP contribution in [0.15, 0.2) is 40.7 Å². The van der Waals surface area contributed by atoms with Gasteiger partial charge < -0.3 is 9.84 Å². The van der Waals surface area contributed by atoms with Crippen molar-refractivity contribution in [2.24, 2.45) is 5.41 Å². The number of likely N-dealkylation sites (tertiary alicyclic amines) is 1. The van der Waals surface area contributed by atoms with Crippen molar-refractivity contribution in [3.05, 3.63) is 40.8 Å². The average Bonchev–Trinajstić information content (AvgIpc) is 3.26. The van der Waals surface area contributed by atoms with Crippen LogP contribution >= 0.6 is 11.3 Å². The van der Waals surface area contributed by atoms with Gasteiger partial charge in [0.05, 0.1) is 13.2 Å². The van der Waals surface area contributed by atoms with Crippen LogP contribution < -0.4 is 4.74 Å². The van der Waals surface area contributed by atoms with Crippen LogP contribution in [0, 0.1) is 5.41 Å². The van der Waals surface area contributed by atoms with Gasteiger partial charge in [0.2, 0.25) is 10.0 Å². The Labute approximate surface area is 193 Å². The molecule has 0 aliphatic carbocycles. The van der Waals surface area contributed by atoms with Crippen molar-refractivity contribution in [2.45, 2.75) is 30.5 Å². The number of carbonyl (C=O) groups is 1. The lowest BCUT2D eigenvalue weighted by molar-refractivity contribution is -0.192. The smallest absolute Gasteiger partial charge is 0.490 e. The lowest BCUT2D eigenvalue weighted by Crippen LogP contribution is -2.50. The van der Waals surface area contributed by atoms with Crippen LogP contribution in [-0.2, 0) is 21.4 Å². The Morgan fingerprint density at radius 3 is 2.48 bits per heavy atom. The molecule has 2 aliphatic heterocycles. The van der Waals surface area contributed by atoms with Crippen LogP contribution in [0.5, 0.6) is 5.75 Å². The molecule has 1 fully saturated rings. The van der Waals surface area contributed by atoms with Gasteiger partial charge in [-0.15, -0.1) is 11.3 Å². The largest absolute Gasteiger partial charge is 0.492 e. The highest BCUT2D eigenvalue weighted by Crippen LogP contribution is 2.38. The van der Waals surface area contributed by atoms with E-state index in [2.05, 4.69) is 9.88 Å². The minimum Gasteiger partial charge on any atom is -0.492 e. The molecule has 8 nitrogen and oxygen atoms in total. The van der Waals surface area contributed by atoms with Crippen LogP contribution in [0.25, 0.3) is 0 Å². The SMILES string of the molecule is CN1CC2(CCN(Cc3nccs3)CC2)COc2ccccc2S1(=O)=O.O=C(O)C(F)(F)F. The summed E-state index contributed by atoms with van der Waals surface area (Å²) in [6, 6.07) is 6.93. The number of ether oxygens (including phenoxy) is 1. The number of sulfonamides is 1. The Morgan fingerprint density at radius 2 is 1.91 bits per heavy atom. The van der Waals surface area contributed by atoms with Crippen molar-refractivity contribution >= 4 is 27.3 Å². The molecule has 0 radical (unpaired) electrons. The van der Waals surface area contributed by atoms with Gasteiger partial charge in [0.25, 0.3) is 0 Å². The summed E-state index contributed by atoms with van der Waals surface area (Å²) in [6.45, 7) is 3.77. The lowest BCUT2D eigenvalue weighted by Gasteiger charge is -2.44. The number of carboxylic acids is 1. The number of hydrogen-bond donors (Lipinski definition) is 1. The van der Waals surface area contributed by atoms with Gasteiger partial charge in [-0.1, -0.05) is 12.1 Å². The minimum absolute atomic E-state index is 0.144. The van der Waals surface area contributed by atoms with Crippen molar-refractivity contribution < 1.29 is 36.2 Å². The van der Waals surface area contributed by atoms with Crippen LogP contribution in [0.2, 0.25) is 0 Å². The van der Waals surface area contributed by atoms with Crippen LogP contribution in [-0.4, -0.2) is 73.1 Å². The second-order valence-corrected chi connectivity index (χ2v) is 11.0. The summed E-state index contributed by atoms with van der Waals surface area (Å²) in [4.78, 5) is 15.9. The molecule has 2 aromatic rings. The number of para-hydroxylation sites is 1. The van der Waals surface area contributed by atoms with Crippen molar-refractivity contribution in [1.82, 2.24) is 14.2 Å². The maximum Gasteiger partial charge on any atom is 0.490 e. The molecule has 3 heterocycles. The molecule has 0 unspecified atom stereocenters. The predicted octanol–water partition coefficient (Wildman–Crippen LogP) is 3.07. The molecule has 1 N–H and O–H groups in total. The first-order valence-corrected chi connectivity index (χ1v) is 12.3. The quantitative estimate of drug-likeness (QED) is 0.667. The molecule has 4 rings (SSSR count). The number of fused-ring (bicyclic) bond motifs is 1. The molecule has 33 heavy (non-hydrogen) atoms. The van der Waals surface area contributed by atoms with Crippen molar-refractivity contribution in [1.29, 1.82) is 0 Å². The van der Waals surface area contributed by atoms with Crippen molar-refractivity contribution in [2.75, 3.05) is 33.3 Å². The Hall–Kier alpha value is -2.22. The molecule has 182 valence electrons. The highest BCUT2D eigenvalue weighted by molar-refractivity contribution is 7.89. The third-order valence-electron chi connectivity index (χ3n) is 5.63. The zero-order valence-electron chi connectivity index (χ0n) is 17.8. The van der Waals surface area contributed by atoms with E-state index in [4.69, 9.17) is 14.6 Å². The standard InChI is InChI=1S/C18H23N3O3S2.C2HF3O2/c1-20-13-18(6-9-21(10-7-18)12-17-19-8-11-25-17)14-24-15-4-2-3-5-16(15)26(20,22)23;3-2(4,5)1(6)7/h2-5,8,11H,6-7,9-10,12-14H2,1H3;(H,6,7). The predicted molar refractivity (Wildman–Crippen MR) is 115 cm³/mol. The molecule has 0 atom stereocenters. The molecule has 13 heteroatoms. The Kier molecular flexibility index (Phi) is 7.66. The highest BCUT2D eigenvalue weighted by Gasteiger charge is 2.41. The first-order chi connectivity index (χ1) is 15.4. The molecular formula is C20H24F3N3O5S2. The third kappa shape index (κ3) is 6.22. The number of rotatable bonds is 2. The van der Waals surface area contributed by atoms with E-state index in [0.717, 1.165) is 37.5 Å². The van der Waals surface area contributed by atoms with E-state index in [0.29, 0.717) is 18.9 Å². The number of aromatic nitrogens is 1. The van der Waals surface area contributed by atoms with Gasteiger partial charge in [0.1, 0.15) is 15.7 Å². The summed E-state index contributed by atoms with van der Waals surface area (Å²) >= 11 is 1.68. The topological polar surface area (TPSA) is 100 Å². The Bertz CT molecular complexity index is 1050. The second-order valence-electron chi connectivity index (χ2n) is 8.00. The number of nitrogens with zero attached hydrogens (tertiary/aromatic N) is 3.